The van der Waals surface area contributed by atoms with Gasteiger partial charge in [0.05, 0.1) is 18.8 Å². The van der Waals surface area contributed by atoms with E-state index in [1.807, 2.05) is 6.08 Å². The van der Waals surface area contributed by atoms with Crippen molar-refractivity contribution in [2.45, 2.75) is 12.6 Å². The molecule has 0 spiro atoms. The molecule has 0 atom stereocenters. The number of allylic oxidation sites excluding steroid dienone is 3. The Bertz CT molecular complexity index is 1110. The van der Waals surface area contributed by atoms with Gasteiger partial charge in [0.1, 0.15) is 22.8 Å². The number of nitrogens with one attached hydrogen (secondary N) is 1. The van der Waals surface area contributed by atoms with Crippen LogP contribution in [0.1, 0.15) is 11.1 Å². The van der Waals surface area contributed by atoms with E-state index in [-0.39, 0.29) is 17.9 Å². The molecule has 0 aromatic heterocycles. The predicted octanol–water partition coefficient (Wildman–Crippen LogP) is 4.62. The molecule has 0 saturated heterocycles. The lowest BCUT2D eigenvalue weighted by atomic mass is 10.1. The van der Waals surface area contributed by atoms with E-state index in [9.17, 15) is 18.0 Å². The maximum absolute atomic E-state index is 13.7. The van der Waals surface area contributed by atoms with Crippen LogP contribution < -0.4 is 14.8 Å². The van der Waals surface area contributed by atoms with Gasteiger partial charge in [-0.2, -0.15) is 13.2 Å². The maximum atomic E-state index is 13.7. The van der Waals surface area contributed by atoms with Crippen molar-refractivity contribution < 1.29 is 32.5 Å². The highest BCUT2D eigenvalue weighted by Gasteiger charge is 2.35. The van der Waals surface area contributed by atoms with Gasteiger partial charge in [0.25, 0.3) is 0 Å². The Kier molecular flexibility index (Phi) is 5.33. The fourth-order valence-corrected chi connectivity index (χ4v) is 3.19. The number of halogens is 3. The third kappa shape index (κ3) is 4.66. The Labute approximate surface area is 175 Å². The summed E-state index contributed by atoms with van der Waals surface area (Å²) in [4.78, 5) is 12.7. The number of carboxylic acid groups (broad SMARTS) is 1. The molecule has 2 aromatic rings. The van der Waals surface area contributed by atoms with Gasteiger partial charge in [-0.05, 0) is 48.0 Å². The Hall–Kier alpha value is -3.88. The highest BCUT2D eigenvalue weighted by atomic mass is 19.4. The average Bonchev–Trinajstić information content (AvgIpc) is 3.18. The number of benzene rings is 2. The van der Waals surface area contributed by atoms with Crippen LogP contribution in [0.4, 0.5) is 13.2 Å². The van der Waals surface area contributed by atoms with Crippen LogP contribution >= 0.6 is 0 Å². The van der Waals surface area contributed by atoms with E-state index in [1.54, 1.807) is 29.3 Å². The van der Waals surface area contributed by atoms with Crippen molar-refractivity contribution in [3.63, 3.8) is 0 Å². The standard InChI is InChI=1S/C22H17F3N2O4/c23-22(24,25)18-11-17(31-20-6-2-4-15-12-26-13-27(15)20)7-8-19(18)30-16-5-1-3-14(9-16)10-21(28)29/h1-9,11-12,26H,10,13H2,(H,28,29). The quantitative estimate of drug-likeness (QED) is 0.697. The topological polar surface area (TPSA) is 71.0 Å². The number of hydrogen-bond acceptors (Lipinski definition) is 5. The monoisotopic (exact) mass is 430 g/mol. The van der Waals surface area contributed by atoms with Crippen LogP contribution in [-0.4, -0.2) is 22.6 Å². The average molecular weight is 430 g/mol. The molecule has 2 heterocycles. The Morgan fingerprint density at radius 1 is 1.13 bits per heavy atom. The van der Waals surface area contributed by atoms with E-state index in [4.69, 9.17) is 14.6 Å². The second-order valence-corrected chi connectivity index (χ2v) is 6.80. The van der Waals surface area contributed by atoms with Crippen molar-refractivity contribution in [1.82, 2.24) is 10.2 Å². The van der Waals surface area contributed by atoms with E-state index in [0.717, 1.165) is 11.8 Å². The summed E-state index contributed by atoms with van der Waals surface area (Å²) < 4.78 is 52.3. The molecule has 4 rings (SSSR count). The maximum Gasteiger partial charge on any atom is 0.420 e. The summed E-state index contributed by atoms with van der Waals surface area (Å²) in [6, 6.07) is 9.39. The molecule has 2 aliphatic rings. The number of hydrogen-bond donors (Lipinski definition) is 2. The molecule has 0 fully saturated rings. The number of aliphatic carboxylic acids is 1. The summed E-state index contributed by atoms with van der Waals surface area (Å²) in [5.41, 5.74) is 0.254. The first-order valence-corrected chi connectivity index (χ1v) is 9.27. The van der Waals surface area contributed by atoms with E-state index in [2.05, 4.69) is 5.32 Å². The smallest absolute Gasteiger partial charge is 0.420 e. The third-order valence-corrected chi connectivity index (χ3v) is 4.54. The van der Waals surface area contributed by atoms with Crippen LogP contribution in [0.15, 0.2) is 78.5 Å². The second-order valence-electron chi connectivity index (χ2n) is 6.80. The number of alkyl halides is 3. The largest absolute Gasteiger partial charge is 0.481 e. The number of carbonyl (C=O) groups is 1. The first-order chi connectivity index (χ1) is 14.8. The summed E-state index contributed by atoms with van der Waals surface area (Å²) in [5, 5.41) is 11.9. The van der Waals surface area contributed by atoms with Crippen LogP contribution in [0.3, 0.4) is 0 Å². The zero-order chi connectivity index (χ0) is 22.0. The van der Waals surface area contributed by atoms with E-state index >= 15 is 0 Å². The highest BCUT2D eigenvalue weighted by molar-refractivity contribution is 5.70. The molecule has 31 heavy (non-hydrogen) atoms. The zero-order valence-electron chi connectivity index (χ0n) is 16.0. The molecule has 0 radical (unpaired) electrons. The number of rotatable bonds is 6. The lowest BCUT2D eigenvalue weighted by Crippen LogP contribution is -2.27. The van der Waals surface area contributed by atoms with Gasteiger partial charge in [0.2, 0.25) is 5.88 Å². The first kappa shape index (κ1) is 20.4. The lowest BCUT2D eigenvalue weighted by Gasteiger charge is -2.25. The van der Waals surface area contributed by atoms with Gasteiger partial charge in [-0.25, -0.2) is 0 Å². The molecule has 0 amide bonds. The van der Waals surface area contributed by atoms with Crippen LogP contribution in [0.25, 0.3) is 0 Å². The van der Waals surface area contributed by atoms with E-state index < -0.39 is 23.5 Å². The number of fused-ring (bicyclic) bond motifs is 1. The molecule has 2 aliphatic heterocycles. The Morgan fingerprint density at radius 3 is 2.71 bits per heavy atom. The van der Waals surface area contributed by atoms with Crippen molar-refractivity contribution in [1.29, 1.82) is 0 Å². The van der Waals surface area contributed by atoms with Crippen LogP contribution in [0, 0.1) is 0 Å². The molecule has 0 saturated carbocycles. The van der Waals surface area contributed by atoms with Gasteiger partial charge in [-0.15, -0.1) is 0 Å². The SMILES string of the molecule is O=C(O)Cc1cccc(Oc2ccc(OC3=CC=CC4=CNCN43)cc2C(F)(F)F)c1. The predicted molar refractivity (Wildman–Crippen MR) is 105 cm³/mol. The molecule has 9 heteroatoms. The number of nitrogens with zero attached hydrogens (tertiary/aromatic N) is 1. The molecule has 0 unspecified atom stereocenters. The molecule has 0 aliphatic carbocycles. The van der Waals surface area contributed by atoms with Gasteiger partial charge < -0.3 is 19.9 Å². The molecule has 2 N–H and O–H groups in total. The van der Waals surface area contributed by atoms with Gasteiger partial charge >= 0.3 is 12.1 Å². The molecule has 6 nitrogen and oxygen atoms in total. The van der Waals surface area contributed by atoms with E-state index in [1.165, 1.54) is 30.3 Å². The first-order valence-electron chi connectivity index (χ1n) is 9.27. The van der Waals surface area contributed by atoms with Crippen LogP contribution in [0.2, 0.25) is 0 Å². The lowest BCUT2D eigenvalue weighted by molar-refractivity contribution is -0.139. The zero-order valence-corrected chi connectivity index (χ0v) is 16.0. The van der Waals surface area contributed by atoms with Gasteiger partial charge in [-0.1, -0.05) is 18.2 Å². The van der Waals surface area contributed by atoms with Crippen molar-refractivity contribution in [2.24, 2.45) is 0 Å². The van der Waals surface area contributed by atoms with Crippen molar-refractivity contribution in [3.8, 4) is 17.2 Å². The summed E-state index contributed by atoms with van der Waals surface area (Å²) >= 11 is 0. The normalized spacial score (nSPS) is 15.0. The number of ether oxygens (including phenoxy) is 2. The minimum absolute atomic E-state index is 0.00658. The van der Waals surface area contributed by atoms with E-state index in [0.29, 0.717) is 18.1 Å². The van der Waals surface area contributed by atoms with Crippen molar-refractivity contribution in [3.05, 3.63) is 89.6 Å². The summed E-state index contributed by atoms with van der Waals surface area (Å²) in [7, 11) is 0. The Balaban J connectivity index is 1.60. The number of carboxylic acids is 1. The molecule has 160 valence electrons. The van der Waals surface area contributed by atoms with Crippen molar-refractivity contribution >= 4 is 5.97 Å². The van der Waals surface area contributed by atoms with Crippen LogP contribution in [-0.2, 0) is 17.4 Å². The summed E-state index contributed by atoms with van der Waals surface area (Å²) in [5.74, 6) is -0.953. The second kappa shape index (κ2) is 8.10. The molecule has 0 bridgehead atoms. The highest BCUT2D eigenvalue weighted by Crippen LogP contribution is 2.41. The fourth-order valence-electron chi connectivity index (χ4n) is 3.19. The minimum atomic E-state index is -4.69. The fraction of sp³-hybridized carbons (Fsp3) is 0.136. The van der Waals surface area contributed by atoms with Crippen LogP contribution in [0.5, 0.6) is 17.2 Å². The molecular weight excluding hydrogens is 413 g/mol. The summed E-state index contributed by atoms with van der Waals surface area (Å²) in [6.07, 6.45) is 2.09. The van der Waals surface area contributed by atoms with Crippen molar-refractivity contribution in [2.75, 3.05) is 6.67 Å². The Morgan fingerprint density at radius 2 is 1.94 bits per heavy atom. The molecule has 2 aromatic carbocycles. The summed E-state index contributed by atoms with van der Waals surface area (Å²) in [6.45, 7) is 0.450. The molecular formula is C22H17F3N2O4. The third-order valence-electron chi connectivity index (χ3n) is 4.54. The minimum Gasteiger partial charge on any atom is -0.481 e. The van der Waals surface area contributed by atoms with Gasteiger partial charge in [-0.3, -0.25) is 9.69 Å². The van der Waals surface area contributed by atoms with Gasteiger partial charge in [0.15, 0.2) is 0 Å². The van der Waals surface area contributed by atoms with Gasteiger partial charge in [0, 0.05) is 6.20 Å².